The molecule has 0 saturated carbocycles. The molecule has 1 amide bonds. The molecule has 0 saturated heterocycles. The highest BCUT2D eigenvalue weighted by Crippen LogP contribution is 2.24. The van der Waals surface area contributed by atoms with Crippen LogP contribution in [0.1, 0.15) is 16.2 Å². The highest BCUT2D eigenvalue weighted by Gasteiger charge is 2.13. The van der Waals surface area contributed by atoms with E-state index in [1.54, 1.807) is 24.4 Å². The van der Waals surface area contributed by atoms with Gasteiger partial charge in [0.1, 0.15) is 23.1 Å². The Kier molecular flexibility index (Phi) is 5.43. The van der Waals surface area contributed by atoms with E-state index in [1.165, 1.54) is 0 Å². The maximum absolute atomic E-state index is 12.6. The smallest absolute Gasteiger partial charge is 0.255 e. The van der Waals surface area contributed by atoms with Crippen molar-refractivity contribution in [2.45, 2.75) is 6.54 Å². The fourth-order valence-corrected chi connectivity index (χ4v) is 2.34. The molecule has 0 radical (unpaired) electrons. The Morgan fingerprint density at radius 3 is 2.54 bits per heavy atom. The number of rotatable bonds is 6. The molecule has 3 rings (SSSR count). The number of hydrogen-bond acceptors (Lipinski definition) is 5. The van der Waals surface area contributed by atoms with Crippen LogP contribution in [0.15, 0.2) is 66.9 Å². The van der Waals surface area contributed by atoms with Crippen molar-refractivity contribution < 1.29 is 9.53 Å². The summed E-state index contributed by atoms with van der Waals surface area (Å²) in [6, 6.07) is 18.3. The highest BCUT2D eigenvalue weighted by molar-refractivity contribution is 5.96. The van der Waals surface area contributed by atoms with Gasteiger partial charge in [0.15, 0.2) is 0 Å². The van der Waals surface area contributed by atoms with E-state index in [4.69, 9.17) is 4.74 Å². The van der Waals surface area contributed by atoms with Crippen molar-refractivity contribution >= 4 is 11.7 Å². The van der Waals surface area contributed by atoms with E-state index in [9.17, 15) is 4.79 Å². The van der Waals surface area contributed by atoms with Gasteiger partial charge in [-0.05, 0) is 30.3 Å². The van der Waals surface area contributed by atoms with Crippen LogP contribution in [0.25, 0.3) is 0 Å². The Morgan fingerprint density at radius 1 is 1.04 bits per heavy atom. The topological polar surface area (TPSA) is 67.4 Å². The van der Waals surface area contributed by atoms with Crippen LogP contribution in [-0.4, -0.2) is 30.0 Å². The SMILES string of the molecule is CN(C)c1ccnc(CNC(=O)c2ccccc2Oc2ccccc2)n1. The third kappa shape index (κ3) is 4.36. The molecule has 2 aromatic carbocycles. The first-order valence-corrected chi connectivity index (χ1v) is 8.23. The predicted molar refractivity (Wildman–Crippen MR) is 100 cm³/mol. The number of aromatic nitrogens is 2. The Morgan fingerprint density at radius 2 is 1.77 bits per heavy atom. The number of amides is 1. The van der Waals surface area contributed by atoms with Gasteiger partial charge in [0, 0.05) is 20.3 Å². The number of carbonyl (C=O) groups excluding carboxylic acids is 1. The molecule has 0 unspecified atom stereocenters. The van der Waals surface area contributed by atoms with E-state index in [0.717, 1.165) is 5.82 Å². The maximum Gasteiger partial charge on any atom is 0.255 e. The summed E-state index contributed by atoms with van der Waals surface area (Å²) in [4.78, 5) is 23.1. The fraction of sp³-hybridized carbons (Fsp3) is 0.150. The lowest BCUT2D eigenvalue weighted by Gasteiger charge is -2.13. The molecule has 26 heavy (non-hydrogen) atoms. The Balaban J connectivity index is 1.71. The first-order chi connectivity index (χ1) is 12.6. The van der Waals surface area contributed by atoms with Crippen LogP contribution in [0.3, 0.4) is 0 Å². The van der Waals surface area contributed by atoms with Crippen molar-refractivity contribution in [2.24, 2.45) is 0 Å². The van der Waals surface area contributed by atoms with Crippen LogP contribution in [0, 0.1) is 0 Å². The van der Waals surface area contributed by atoms with E-state index >= 15 is 0 Å². The first-order valence-electron chi connectivity index (χ1n) is 8.23. The molecule has 0 aliphatic rings. The lowest BCUT2D eigenvalue weighted by atomic mass is 10.2. The van der Waals surface area contributed by atoms with Crippen molar-refractivity contribution in [2.75, 3.05) is 19.0 Å². The Hall–Kier alpha value is -3.41. The molecule has 6 nitrogen and oxygen atoms in total. The van der Waals surface area contributed by atoms with Crippen molar-refractivity contribution in [3.8, 4) is 11.5 Å². The molecule has 0 bridgehead atoms. The van der Waals surface area contributed by atoms with Crippen molar-refractivity contribution in [1.82, 2.24) is 15.3 Å². The fourth-order valence-electron chi connectivity index (χ4n) is 2.34. The standard InChI is InChI=1S/C20H20N4O2/c1-24(2)19-12-13-21-18(23-19)14-22-20(25)16-10-6-7-11-17(16)26-15-8-4-3-5-9-15/h3-13H,14H2,1-2H3,(H,22,25). The molecule has 132 valence electrons. The minimum atomic E-state index is -0.240. The molecular weight excluding hydrogens is 328 g/mol. The van der Waals surface area contributed by atoms with Gasteiger partial charge < -0.3 is 15.0 Å². The minimum absolute atomic E-state index is 0.236. The lowest BCUT2D eigenvalue weighted by Crippen LogP contribution is -2.24. The van der Waals surface area contributed by atoms with E-state index in [0.29, 0.717) is 22.9 Å². The van der Waals surface area contributed by atoms with Crippen LogP contribution in [-0.2, 0) is 6.54 Å². The Bertz CT molecular complexity index is 882. The van der Waals surface area contributed by atoms with Crippen molar-refractivity contribution in [1.29, 1.82) is 0 Å². The van der Waals surface area contributed by atoms with Crippen LogP contribution in [0.5, 0.6) is 11.5 Å². The summed E-state index contributed by atoms with van der Waals surface area (Å²) < 4.78 is 5.83. The average molecular weight is 348 g/mol. The number of ether oxygens (including phenoxy) is 1. The summed E-state index contributed by atoms with van der Waals surface area (Å²) in [5, 5.41) is 2.85. The summed E-state index contributed by atoms with van der Waals surface area (Å²) >= 11 is 0. The summed E-state index contributed by atoms with van der Waals surface area (Å²) in [6.45, 7) is 0.236. The van der Waals surface area contributed by atoms with Gasteiger partial charge in [-0.2, -0.15) is 0 Å². The molecule has 0 spiro atoms. The third-order valence-corrected chi connectivity index (χ3v) is 3.66. The Labute approximate surface area is 152 Å². The van der Waals surface area contributed by atoms with Gasteiger partial charge in [-0.15, -0.1) is 0 Å². The number of anilines is 1. The first kappa shape index (κ1) is 17.4. The molecule has 0 aliphatic carbocycles. The summed E-state index contributed by atoms with van der Waals surface area (Å²) in [7, 11) is 3.81. The number of hydrogen-bond donors (Lipinski definition) is 1. The number of nitrogens with zero attached hydrogens (tertiary/aromatic N) is 3. The second kappa shape index (κ2) is 8.11. The van der Waals surface area contributed by atoms with Gasteiger partial charge >= 0.3 is 0 Å². The molecule has 1 aromatic heterocycles. The quantitative estimate of drug-likeness (QED) is 0.740. The second-order valence-electron chi connectivity index (χ2n) is 5.82. The van der Waals surface area contributed by atoms with Crippen LogP contribution in [0.4, 0.5) is 5.82 Å². The van der Waals surface area contributed by atoms with Gasteiger partial charge in [0.25, 0.3) is 5.91 Å². The summed E-state index contributed by atoms with van der Waals surface area (Å²) in [6.07, 6.45) is 1.68. The van der Waals surface area contributed by atoms with Gasteiger partial charge in [-0.3, -0.25) is 4.79 Å². The van der Waals surface area contributed by atoms with Crippen molar-refractivity contribution in [3.63, 3.8) is 0 Å². The molecule has 0 aliphatic heterocycles. The molecule has 0 atom stereocenters. The van der Waals surface area contributed by atoms with E-state index in [-0.39, 0.29) is 12.5 Å². The largest absolute Gasteiger partial charge is 0.457 e. The number of carbonyl (C=O) groups is 1. The summed E-state index contributed by atoms with van der Waals surface area (Å²) in [5.41, 5.74) is 0.458. The molecule has 3 aromatic rings. The van der Waals surface area contributed by atoms with E-state index in [2.05, 4.69) is 15.3 Å². The second-order valence-corrected chi connectivity index (χ2v) is 5.82. The zero-order valence-electron chi connectivity index (χ0n) is 14.7. The van der Waals surface area contributed by atoms with Crippen molar-refractivity contribution in [3.05, 3.63) is 78.2 Å². The zero-order valence-corrected chi connectivity index (χ0v) is 14.7. The van der Waals surface area contributed by atoms with Gasteiger partial charge in [-0.1, -0.05) is 30.3 Å². The molecular formula is C20H20N4O2. The normalized spacial score (nSPS) is 10.2. The molecule has 1 heterocycles. The average Bonchev–Trinajstić information content (AvgIpc) is 2.67. The predicted octanol–water partition coefficient (Wildman–Crippen LogP) is 3.26. The van der Waals surface area contributed by atoms with E-state index in [1.807, 2.05) is 61.5 Å². The van der Waals surface area contributed by atoms with Crippen LogP contribution >= 0.6 is 0 Å². The highest BCUT2D eigenvalue weighted by atomic mass is 16.5. The number of benzene rings is 2. The van der Waals surface area contributed by atoms with Gasteiger partial charge in [0.05, 0.1) is 12.1 Å². The maximum atomic E-state index is 12.6. The van der Waals surface area contributed by atoms with Gasteiger partial charge in [-0.25, -0.2) is 9.97 Å². The number of para-hydroxylation sites is 2. The lowest BCUT2D eigenvalue weighted by molar-refractivity contribution is 0.0947. The number of nitrogens with one attached hydrogen (secondary N) is 1. The van der Waals surface area contributed by atoms with Crippen LogP contribution in [0.2, 0.25) is 0 Å². The van der Waals surface area contributed by atoms with Crippen LogP contribution < -0.4 is 15.0 Å². The third-order valence-electron chi connectivity index (χ3n) is 3.66. The van der Waals surface area contributed by atoms with E-state index < -0.39 is 0 Å². The molecule has 0 fully saturated rings. The molecule has 6 heteroatoms. The summed E-state index contributed by atoms with van der Waals surface area (Å²) in [5.74, 6) is 2.27. The minimum Gasteiger partial charge on any atom is -0.457 e. The monoisotopic (exact) mass is 348 g/mol. The van der Waals surface area contributed by atoms with Gasteiger partial charge in [0.2, 0.25) is 0 Å². The molecule has 1 N–H and O–H groups in total. The zero-order chi connectivity index (χ0) is 18.4.